The lowest BCUT2D eigenvalue weighted by atomic mass is 9.86. The number of hydrogen-bond acceptors (Lipinski definition) is 8. The molecule has 2 aliphatic rings. The van der Waals surface area contributed by atoms with Crippen LogP contribution in [0.3, 0.4) is 0 Å². The van der Waals surface area contributed by atoms with Gasteiger partial charge in [0, 0.05) is 57.2 Å². The summed E-state index contributed by atoms with van der Waals surface area (Å²) in [6.45, 7) is 4.51. The van der Waals surface area contributed by atoms with Crippen LogP contribution < -0.4 is 15.5 Å². The normalized spacial score (nSPS) is 23.2. The van der Waals surface area contributed by atoms with Crippen molar-refractivity contribution >= 4 is 17.5 Å². The van der Waals surface area contributed by atoms with Gasteiger partial charge in [0.05, 0.1) is 29.9 Å². The average molecular weight is 414 g/mol. The predicted molar refractivity (Wildman–Crippen MR) is 112 cm³/mol. The molecule has 2 aromatic rings. The van der Waals surface area contributed by atoms with E-state index in [1.165, 1.54) is 0 Å². The molecule has 0 amide bonds. The molecule has 2 aromatic heterocycles. The van der Waals surface area contributed by atoms with Crippen molar-refractivity contribution in [2.75, 3.05) is 43.4 Å². The molecule has 0 aliphatic carbocycles. The molecular formula is C20H28FN9. The van der Waals surface area contributed by atoms with Crippen LogP contribution in [-0.2, 0) is 7.05 Å². The van der Waals surface area contributed by atoms with E-state index in [0.29, 0.717) is 45.0 Å². The van der Waals surface area contributed by atoms with Crippen LogP contribution in [-0.4, -0.2) is 75.6 Å². The van der Waals surface area contributed by atoms with Crippen molar-refractivity contribution < 1.29 is 4.39 Å². The molecule has 4 rings (SSSR count). The highest BCUT2D eigenvalue weighted by molar-refractivity contribution is 5.57. The number of hydrogen-bond donors (Lipinski definition) is 2. The summed E-state index contributed by atoms with van der Waals surface area (Å²) in [7, 11) is 3.81. The molecule has 160 valence electrons. The van der Waals surface area contributed by atoms with Crippen LogP contribution in [0.15, 0.2) is 18.6 Å². The monoisotopic (exact) mass is 413 g/mol. The van der Waals surface area contributed by atoms with E-state index in [4.69, 9.17) is 0 Å². The molecule has 0 bridgehead atoms. The van der Waals surface area contributed by atoms with Crippen molar-refractivity contribution in [1.82, 2.24) is 30.0 Å². The Morgan fingerprint density at radius 1 is 1.33 bits per heavy atom. The van der Waals surface area contributed by atoms with Gasteiger partial charge >= 0.3 is 0 Å². The Bertz CT molecular complexity index is 931. The van der Waals surface area contributed by atoms with E-state index in [9.17, 15) is 9.65 Å². The standard InChI is InChI=1S/C20H28FN9/c1-14-7-23-19(26-16-8-25-29(3)11-16)27-18(14)30-12-20(13-30,4-5-22)24-9-17-6-15(21)10-28(17)2/h7-8,11,15,17,24H,4,6,9-10,12-13H2,1-3H3,(H,23,26,27)/t15-,17+/m1/s1. The second-order valence-corrected chi connectivity index (χ2v) is 8.51. The number of nitriles is 1. The third kappa shape index (κ3) is 4.22. The number of aromatic nitrogens is 4. The molecule has 2 saturated heterocycles. The molecule has 0 spiro atoms. The summed E-state index contributed by atoms with van der Waals surface area (Å²) in [4.78, 5) is 13.3. The van der Waals surface area contributed by atoms with Crippen molar-refractivity contribution in [1.29, 1.82) is 5.26 Å². The lowest BCUT2D eigenvalue weighted by Crippen LogP contribution is -2.70. The molecule has 10 heteroatoms. The number of likely N-dealkylation sites (tertiary alicyclic amines) is 1. The van der Waals surface area contributed by atoms with Gasteiger partial charge in [-0.25, -0.2) is 9.37 Å². The fraction of sp³-hybridized carbons (Fsp3) is 0.600. The average Bonchev–Trinajstić information content (AvgIpc) is 3.22. The van der Waals surface area contributed by atoms with E-state index in [2.05, 4.69) is 41.6 Å². The molecule has 2 fully saturated rings. The Kier molecular flexibility index (Phi) is 5.58. The number of likely N-dealkylation sites (N-methyl/N-ethyl adjacent to an activating group) is 1. The van der Waals surface area contributed by atoms with E-state index in [0.717, 1.165) is 17.1 Å². The molecular weight excluding hydrogens is 385 g/mol. The molecule has 2 aliphatic heterocycles. The largest absolute Gasteiger partial charge is 0.352 e. The molecule has 2 N–H and O–H groups in total. The van der Waals surface area contributed by atoms with Gasteiger partial charge in [-0.15, -0.1) is 0 Å². The smallest absolute Gasteiger partial charge is 0.229 e. The van der Waals surface area contributed by atoms with E-state index in [1.807, 2.05) is 27.2 Å². The predicted octanol–water partition coefficient (Wildman–Crippen LogP) is 1.37. The Morgan fingerprint density at radius 3 is 2.77 bits per heavy atom. The SMILES string of the molecule is Cc1cnc(Nc2cnn(C)c2)nc1N1CC(CC#N)(NC[C@@H]2C[C@@H](F)CN2C)C1. The number of alkyl halides is 1. The van der Waals surface area contributed by atoms with E-state index in [-0.39, 0.29) is 11.6 Å². The van der Waals surface area contributed by atoms with Crippen molar-refractivity contribution in [3.8, 4) is 6.07 Å². The first-order chi connectivity index (χ1) is 14.4. The minimum Gasteiger partial charge on any atom is -0.352 e. The highest BCUT2D eigenvalue weighted by Gasteiger charge is 2.44. The van der Waals surface area contributed by atoms with Gasteiger partial charge in [0.2, 0.25) is 5.95 Å². The van der Waals surface area contributed by atoms with Gasteiger partial charge in [0.15, 0.2) is 0 Å². The molecule has 30 heavy (non-hydrogen) atoms. The summed E-state index contributed by atoms with van der Waals surface area (Å²) in [6.07, 6.45) is 5.57. The number of anilines is 3. The number of aryl methyl sites for hydroxylation is 2. The highest BCUT2D eigenvalue weighted by Crippen LogP contribution is 2.32. The third-order valence-electron chi connectivity index (χ3n) is 5.96. The zero-order valence-corrected chi connectivity index (χ0v) is 17.6. The van der Waals surface area contributed by atoms with Gasteiger partial charge in [-0.3, -0.25) is 9.58 Å². The van der Waals surface area contributed by atoms with Crippen molar-refractivity contribution in [3.05, 3.63) is 24.2 Å². The third-order valence-corrected chi connectivity index (χ3v) is 5.96. The van der Waals surface area contributed by atoms with Crippen LogP contribution in [0.4, 0.5) is 21.8 Å². The second-order valence-electron chi connectivity index (χ2n) is 8.51. The van der Waals surface area contributed by atoms with Gasteiger partial charge in [-0.05, 0) is 20.4 Å². The summed E-state index contributed by atoms with van der Waals surface area (Å²) in [5.41, 5.74) is 1.51. The molecule has 9 nitrogen and oxygen atoms in total. The van der Waals surface area contributed by atoms with Crippen LogP contribution in [0.2, 0.25) is 0 Å². The zero-order chi connectivity index (χ0) is 21.3. The summed E-state index contributed by atoms with van der Waals surface area (Å²) in [5, 5.41) is 20.2. The maximum Gasteiger partial charge on any atom is 0.229 e. The molecule has 0 unspecified atom stereocenters. The summed E-state index contributed by atoms with van der Waals surface area (Å²) in [6, 6.07) is 2.47. The highest BCUT2D eigenvalue weighted by atomic mass is 19.1. The minimum atomic E-state index is -0.763. The van der Waals surface area contributed by atoms with Gasteiger partial charge in [-0.1, -0.05) is 0 Å². The first-order valence-corrected chi connectivity index (χ1v) is 10.2. The topological polar surface area (TPSA) is 97.9 Å². The summed E-state index contributed by atoms with van der Waals surface area (Å²) >= 11 is 0. The lowest BCUT2D eigenvalue weighted by molar-refractivity contribution is 0.219. The van der Waals surface area contributed by atoms with Crippen molar-refractivity contribution in [2.45, 2.75) is 37.5 Å². The van der Waals surface area contributed by atoms with E-state index >= 15 is 0 Å². The van der Waals surface area contributed by atoms with Gasteiger partial charge < -0.3 is 15.5 Å². The minimum absolute atomic E-state index is 0.167. The van der Waals surface area contributed by atoms with Crippen molar-refractivity contribution in [3.63, 3.8) is 0 Å². The van der Waals surface area contributed by atoms with Crippen LogP contribution in [0.1, 0.15) is 18.4 Å². The summed E-state index contributed by atoms with van der Waals surface area (Å²) < 4.78 is 15.4. The van der Waals surface area contributed by atoms with Crippen LogP contribution in [0, 0.1) is 18.3 Å². The maximum absolute atomic E-state index is 13.7. The molecule has 2 atom stereocenters. The molecule has 0 aromatic carbocycles. The number of rotatable bonds is 7. The molecule has 4 heterocycles. The Hall–Kier alpha value is -2.77. The van der Waals surface area contributed by atoms with E-state index in [1.54, 1.807) is 17.1 Å². The van der Waals surface area contributed by atoms with E-state index < -0.39 is 6.17 Å². The molecule has 0 saturated carbocycles. The Morgan fingerprint density at radius 2 is 2.13 bits per heavy atom. The van der Waals surface area contributed by atoms with Crippen LogP contribution in [0.25, 0.3) is 0 Å². The first-order valence-electron chi connectivity index (χ1n) is 10.2. The van der Waals surface area contributed by atoms with Gasteiger partial charge in [0.1, 0.15) is 12.0 Å². The van der Waals surface area contributed by atoms with Crippen molar-refractivity contribution in [2.24, 2.45) is 7.05 Å². The van der Waals surface area contributed by atoms with Crippen LogP contribution in [0.5, 0.6) is 0 Å². The number of nitrogens with one attached hydrogen (secondary N) is 2. The molecule has 0 radical (unpaired) electrons. The van der Waals surface area contributed by atoms with Crippen LogP contribution >= 0.6 is 0 Å². The zero-order valence-electron chi connectivity index (χ0n) is 17.6. The van der Waals surface area contributed by atoms with Gasteiger partial charge in [-0.2, -0.15) is 15.3 Å². The quantitative estimate of drug-likeness (QED) is 0.702. The first kappa shape index (κ1) is 20.5. The second kappa shape index (κ2) is 8.16. The Balaban J connectivity index is 1.41. The fourth-order valence-electron chi connectivity index (χ4n) is 4.28. The Labute approximate surface area is 175 Å². The maximum atomic E-state index is 13.7. The summed E-state index contributed by atoms with van der Waals surface area (Å²) in [5.74, 6) is 1.37. The number of nitrogens with zero attached hydrogens (tertiary/aromatic N) is 7. The lowest BCUT2D eigenvalue weighted by Gasteiger charge is -2.51. The number of halogens is 1. The fourth-order valence-corrected chi connectivity index (χ4v) is 4.28. The van der Waals surface area contributed by atoms with Gasteiger partial charge in [0.25, 0.3) is 0 Å².